The Kier molecular flexibility index (Phi) is 1.75. The summed E-state index contributed by atoms with van der Waals surface area (Å²) in [5.74, 6) is 0. The van der Waals surface area contributed by atoms with Gasteiger partial charge in [-0.05, 0) is 37.5 Å². The van der Waals surface area contributed by atoms with E-state index in [9.17, 15) is 0 Å². The van der Waals surface area contributed by atoms with Gasteiger partial charge in [-0.15, -0.1) is 0 Å². The van der Waals surface area contributed by atoms with Crippen LogP contribution >= 0.6 is 0 Å². The molecule has 0 amide bonds. The van der Waals surface area contributed by atoms with Crippen molar-refractivity contribution in [1.29, 1.82) is 0 Å². The molecule has 0 unspecified atom stereocenters. The lowest BCUT2D eigenvalue weighted by molar-refractivity contribution is 0.653. The van der Waals surface area contributed by atoms with Crippen LogP contribution in [0, 0.1) is 0 Å². The average molecular weight is 201 g/mol. The van der Waals surface area contributed by atoms with Crippen LogP contribution in [0.5, 0.6) is 0 Å². The molecule has 0 spiro atoms. The summed E-state index contributed by atoms with van der Waals surface area (Å²) < 4.78 is 2.17. The van der Waals surface area contributed by atoms with E-state index in [1.807, 2.05) is 12.1 Å². The topological polar surface area (TPSA) is 43.8 Å². The van der Waals surface area contributed by atoms with Crippen molar-refractivity contribution in [1.82, 2.24) is 9.78 Å². The van der Waals surface area contributed by atoms with Gasteiger partial charge in [0.25, 0.3) is 0 Å². The second kappa shape index (κ2) is 2.99. The Morgan fingerprint density at radius 3 is 2.93 bits per heavy atom. The monoisotopic (exact) mass is 201 g/mol. The van der Waals surface area contributed by atoms with Crippen LogP contribution in [0.25, 0.3) is 10.9 Å². The highest BCUT2D eigenvalue weighted by atomic mass is 15.3. The number of rotatable bonds is 2. The van der Waals surface area contributed by atoms with Crippen molar-refractivity contribution in [2.24, 2.45) is 0 Å². The fourth-order valence-corrected chi connectivity index (χ4v) is 2.08. The van der Waals surface area contributed by atoms with Crippen molar-refractivity contribution >= 4 is 16.6 Å². The minimum atomic E-state index is 0.636. The molecule has 3 nitrogen and oxygen atoms in total. The molecule has 2 N–H and O–H groups in total. The standard InChI is InChI=1S/C12H15N3/c1-2-11-10-7-8(13)3-6-12(10)15(14-11)9-4-5-9/h3,6-7,9H,2,4-5,13H2,1H3. The molecule has 0 atom stereocenters. The lowest BCUT2D eigenvalue weighted by atomic mass is 10.1. The number of anilines is 1. The van der Waals surface area contributed by atoms with E-state index in [2.05, 4.69) is 22.8 Å². The minimum Gasteiger partial charge on any atom is -0.399 e. The highest BCUT2D eigenvalue weighted by Gasteiger charge is 2.26. The van der Waals surface area contributed by atoms with Crippen LogP contribution < -0.4 is 5.73 Å². The first-order valence-electron chi connectivity index (χ1n) is 5.56. The Bertz CT molecular complexity index is 509. The molecular weight excluding hydrogens is 186 g/mol. The fraction of sp³-hybridized carbons (Fsp3) is 0.417. The van der Waals surface area contributed by atoms with E-state index in [4.69, 9.17) is 5.73 Å². The molecule has 0 aliphatic heterocycles. The van der Waals surface area contributed by atoms with Crippen molar-refractivity contribution < 1.29 is 0 Å². The van der Waals surface area contributed by atoms with E-state index in [0.29, 0.717) is 6.04 Å². The van der Waals surface area contributed by atoms with Gasteiger partial charge < -0.3 is 5.73 Å². The Hall–Kier alpha value is -1.51. The highest BCUT2D eigenvalue weighted by molar-refractivity contribution is 5.85. The van der Waals surface area contributed by atoms with Crippen molar-refractivity contribution in [3.05, 3.63) is 23.9 Å². The second-order valence-electron chi connectivity index (χ2n) is 4.25. The minimum absolute atomic E-state index is 0.636. The molecule has 15 heavy (non-hydrogen) atoms. The van der Waals surface area contributed by atoms with Gasteiger partial charge in [-0.3, -0.25) is 4.68 Å². The smallest absolute Gasteiger partial charge is 0.0701 e. The molecule has 78 valence electrons. The van der Waals surface area contributed by atoms with E-state index in [1.54, 1.807) is 0 Å². The van der Waals surface area contributed by atoms with E-state index in [0.717, 1.165) is 12.1 Å². The van der Waals surface area contributed by atoms with E-state index in [-0.39, 0.29) is 0 Å². The predicted molar refractivity (Wildman–Crippen MR) is 61.8 cm³/mol. The zero-order valence-corrected chi connectivity index (χ0v) is 8.90. The van der Waals surface area contributed by atoms with Gasteiger partial charge in [0.2, 0.25) is 0 Å². The second-order valence-corrected chi connectivity index (χ2v) is 4.25. The third kappa shape index (κ3) is 1.30. The molecule has 0 saturated heterocycles. The zero-order valence-electron chi connectivity index (χ0n) is 8.90. The predicted octanol–water partition coefficient (Wildman–Crippen LogP) is 2.52. The van der Waals surface area contributed by atoms with Crippen LogP contribution in [0.3, 0.4) is 0 Å². The maximum absolute atomic E-state index is 5.81. The SMILES string of the molecule is CCc1nn(C2CC2)c2ccc(N)cc12. The van der Waals surface area contributed by atoms with Gasteiger partial charge in [-0.2, -0.15) is 5.10 Å². The number of aromatic nitrogens is 2. The summed E-state index contributed by atoms with van der Waals surface area (Å²) in [6, 6.07) is 6.73. The molecular formula is C12H15N3. The fourth-order valence-electron chi connectivity index (χ4n) is 2.08. The first-order valence-corrected chi connectivity index (χ1v) is 5.56. The van der Waals surface area contributed by atoms with Crippen molar-refractivity contribution in [3.8, 4) is 0 Å². The molecule has 0 bridgehead atoms. The number of nitrogens with two attached hydrogens (primary N) is 1. The first-order chi connectivity index (χ1) is 7.29. The van der Waals surface area contributed by atoms with Crippen LogP contribution in [0.15, 0.2) is 18.2 Å². The van der Waals surface area contributed by atoms with E-state index in [1.165, 1.54) is 29.4 Å². The Balaban J connectivity index is 2.28. The first kappa shape index (κ1) is 8.77. The molecule has 1 aliphatic carbocycles. The van der Waals surface area contributed by atoms with E-state index >= 15 is 0 Å². The normalized spacial score (nSPS) is 16.1. The number of benzene rings is 1. The molecule has 1 aromatic carbocycles. The van der Waals surface area contributed by atoms with Gasteiger partial charge in [0.05, 0.1) is 17.3 Å². The summed E-state index contributed by atoms with van der Waals surface area (Å²) in [6.45, 7) is 2.14. The lowest BCUT2D eigenvalue weighted by Crippen LogP contribution is -1.96. The quantitative estimate of drug-likeness (QED) is 0.759. The molecule has 1 aliphatic rings. The van der Waals surface area contributed by atoms with Crippen LogP contribution in [0.4, 0.5) is 5.69 Å². The van der Waals surface area contributed by atoms with Gasteiger partial charge in [0.1, 0.15) is 0 Å². The number of fused-ring (bicyclic) bond motifs is 1. The summed E-state index contributed by atoms with van der Waals surface area (Å²) in [5, 5.41) is 5.90. The number of nitrogens with zero attached hydrogens (tertiary/aromatic N) is 2. The molecule has 2 aromatic rings. The number of hydrogen-bond acceptors (Lipinski definition) is 2. The summed E-state index contributed by atoms with van der Waals surface area (Å²) >= 11 is 0. The van der Waals surface area contributed by atoms with Gasteiger partial charge in [-0.25, -0.2) is 0 Å². The van der Waals surface area contributed by atoms with Crippen molar-refractivity contribution in [2.45, 2.75) is 32.2 Å². The van der Waals surface area contributed by atoms with Crippen molar-refractivity contribution in [2.75, 3.05) is 5.73 Å². The molecule has 1 aromatic heterocycles. The third-order valence-corrected chi connectivity index (χ3v) is 3.03. The Labute approximate surface area is 88.9 Å². The van der Waals surface area contributed by atoms with Crippen molar-refractivity contribution in [3.63, 3.8) is 0 Å². The average Bonchev–Trinajstić information content (AvgIpc) is 3.01. The van der Waals surface area contributed by atoms with Crippen LogP contribution in [-0.4, -0.2) is 9.78 Å². The van der Waals surface area contributed by atoms with Crippen LogP contribution in [0.2, 0.25) is 0 Å². The molecule has 3 heteroatoms. The van der Waals surface area contributed by atoms with Gasteiger partial charge in [0, 0.05) is 11.1 Å². The Morgan fingerprint density at radius 1 is 1.47 bits per heavy atom. The van der Waals surface area contributed by atoms with Crippen LogP contribution in [-0.2, 0) is 6.42 Å². The maximum atomic E-state index is 5.81. The third-order valence-electron chi connectivity index (χ3n) is 3.03. The number of aryl methyl sites for hydroxylation is 1. The largest absolute Gasteiger partial charge is 0.399 e. The lowest BCUT2D eigenvalue weighted by Gasteiger charge is -1.99. The molecule has 1 heterocycles. The number of hydrogen-bond donors (Lipinski definition) is 1. The summed E-state index contributed by atoms with van der Waals surface area (Å²) in [7, 11) is 0. The highest BCUT2D eigenvalue weighted by Crippen LogP contribution is 2.37. The molecule has 1 saturated carbocycles. The molecule has 1 fully saturated rings. The maximum Gasteiger partial charge on any atom is 0.0701 e. The summed E-state index contributed by atoms with van der Waals surface area (Å²) in [6.07, 6.45) is 3.51. The van der Waals surface area contributed by atoms with Gasteiger partial charge in [-0.1, -0.05) is 6.92 Å². The zero-order chi connectivity index (χ0) is 10.4. The Morgan fingerprint density at radius 2 is 2.27 bits per heavy atom. The number of nitrogen functional groups attached to an aromatic ring is 1. The molecule has 0 radical (unpaired) electrons. The van der Waals surface area contributed by atoms with Gasteiger partial charge in [0.15, 0.2) is 0 Å². The van der Waals surface area contributed by atoms with E-state index < -0.39 is 0 Å². The molecule has 3 rings (SSSR count). The summed E-state index contributed by atoms with van der Waals surface area (Å²) in [5.41, 5.74) is 9.05. The summed E-state index contributed by atoms with van der Waals surface area (Å²) in [4.78, 5) is 0. The van der Waals surface area contributed by atoms with Gasteiger partial charge >= 0.3 is 0 Å². The van der Waals surface area contributed by atoms with Crippen LogP contribution in [0.1, 0.15) is 31.5 Å².